The molecule has 2 heterocycles. The molecule has 0 saturated carbocycles. The second-order valence-electron chi connectivity index (χ2n) is 7.26. The first-order valence-corrected chi connectivity index (χ1v) is 10.4. The van der Waals surface area contributed by atoms with Gasteiger partial charge in [0.1, 0.15) is 12.4 Å². The van der Waals surface area contributed by atoms with E-state index in [9.17, 15) is 4.79 Å². The largest absolute Gasteiger partial charge is 0.486 e. The van der Waals surface area contributed by atoms with Crippen molar-refractivity contribution >= 4 is 29.3 Å². The number of thioether (sulfide) groups is 1. The van der Waals surface area contributed by atoms with Crippen molar-refractivity contribution < 1.29 is 9.53 Å². The summed E-state index contributed by atoms with van der Waals surface area (Å²) < 4.78 is 5.65. The Morgan fingerprint density at radius 3 is 2.67 bits per heavy atom. The fourth-order valence-corrected chi connectivity index (χ4v) is 4.34. The van der Waals surface area contributed by atoms with Crippen molar-refractivity contribution in [2.75, 3.05) is 13.1 Å². The maximum absolute atomic E-state index is 12.7. The Hall–Kier alpha value is -1.73. The van der Waals surface area contributed by atoms with Gasteiger partial charge in [-0.15, -0.1) is 5.10 Å². The zero-order valence-corrected chi connectivity index (χ0v) is 17.4. The number of piperidine rings is 1. The third-order valence-corrected chi connectivity index (χ3v) is 5.71. The van der Waals surface area contributed by atoms with Gasteiger partial charge in [-0.3, -0.25) is 9.89 Å². The molecule has 2 aromatic rings. The van der Waals surface area contributed by atoms with E-state index in [1.54, 1.807) is 24.3 Å². The Kier molecular flexibility index (Phi) is 6.65. The number of hydrogen-bond donors (Lipinski definition) is 1. The zero-order chi connectivity index (χ0) is 19.4. The predicted molar refractivity (Wildman–Crippen MR) is 107 cm³/mol. The maximum atomic E-state index is 12.7. The molecule has 1 fully saturated rings. The van der Waals surface area contributed by atoms with Crippen LogP contribution < -0.4 is 4.74 Å². The highest BCUT2D eigenvalue weighted by Crippen LogP contribution is 2.26. The number of hydrogen-bond acceptors (Lipinski definition) is 5. The van der Waals surface area contributed by atoms with Crippen molar-refractivity contribution in [1.82, 2.24) is 20.1 Å². The van der Waals surface area contributed by atoms with Crippen molar-refractivity contribution in [2.45, 2.75) is 44.2 Å². The summed E-state index contributed by atoms with van der Waals surface area (Å²) in [6.07, 6.45) is 1.18. The maximum Gasteiger partial charge on any atom is 0.235 e. The van der Waals surface area contributed by atoms with E-state index in [-0.39, 0.29) is 17.8 Å². The van der Waals surface area contributed by atoms with Gasteiger partial charge in [0.25, 0.3) is 0 Å². The van der Waals surface area contributed by atoms with Crippen LogP contribution in [0.3, 0.4) is 0 Å². The van der Waals surface area contributed by atoms with Gasteiger partial charge in [0.05, 0.1) is 5.25 Å². The predicted octanol–water partition coefficient (Wildman–Crippen LogP) is 4.02. The van der Waals surface area contributed by atoms with Crippen LogP contribution in [0.25, 0.3) is 0 Å². The molecular formula is C19H25ClN4O2S. The molecule has 3 unspecified atom stereocenters. The minimum absolute atomic E-state index is 0.155. The van der Waals surface area contributed by atoms with Gasteiger partial charge in [-0.05, 0) is 49.4 Å². The lowest BCUT2D eigenvalue weighted by molar-refractivity contribution is -0.132. The summed E-state index contributed by atoms with van der Waals surface area (Å²) in [6, 6.07) is 7.15. The van der Waals surface area contributed by atoms with E-state index in [2.05, 4.69) is 29.0 Å². The number of nitrogens with one attached hydrogen (secondary N) is 1. The summed E-state index contributed by atoms with van der Waals surface area (Å²) in [4.78, 5) is 19.1. The van der Waals surface area contributed by atoms with E-state index in [0.717, 1.165) is 13.1 Å². The number of amides is 1. The van der Waals surface area contributed by atoms with Crippen LogP contribution in [0, 0.1) is 11.8 Å². The van der Waals surface area contributed by atoms with E-state index in [1.807, 2.05) is 11.8 Å². The van der Waals surface area contributed by atoms with Crippen LogP contribution in [0.4, 0.5) is 0 Å². The van der Waals surface area contributed by atoms with E-state index < -0.39 is 0 Å². The summed E-state index contributed by atoms with van der Waals surface area (Å²) >= 11 is 7.23. The van der Waals surface area contributed by atoms with Crippen molar-refractivity contribution in [1.29, 1.82) is 0 Å². The zero-order valence-electron chi connectivity index (χ0n) is 15.8. The minimum Gasteiger partial charge on any atom is -0.486 e. The van der Waals surface area contributed by atoms with Crippen LogP contribution in [0.15, 0.2) is 29.4 Å². The van der Waals surface area contributed by atoms with Crippen molar-refractivity contribution in [3.05, 3.63) is 35.1 Å². The second-order valence-corrected chi connectivity index (χ2v) is 9.00. The molecule has 146 valence electrons. The number of benzene rings is 1. The van der Waals surface area contributed by atoms with Crippen LogP contribution in [0.5, 0.6) is 5.75 Å². The third kappa shape index (κ3) is 5.62. The fraction of sp³-hybridized carbons (Fsp3) is 0.526. The molecule has 0 bridgehead atoms. The van der Waals surface area contributed by atoms with Crippen LogP contribution in [0.1, 0.15) is 33.0 Å². The first-order chi connectivity index (χ1) is 12.9. The van der Waals surface area contributed by atoms with Crippen LogP contribution in [-0.4, -0.2) is 44.3 Å². The molecular weight excluding hydrogens is 384 g/mol. The number of likely N-dealkylation sites (tertiary alicyclic amines) is 1. The van der Waals surface area contributed by atoms with Gasteiger partial charge in [0.15, 0.2) is 5.82 Å². The Morgan fingerprint density at radius 2 is 2.00 bits per heavy atom. The molecule has 0 aliphatic carbocycles. The molecule has 27 heavy (non-hydrogen) atoms. The molecule has 1 aliphatic rings. The van der Waals surface area contributed by atoms with Gasteiger partial charge >= 0.3 is 0 Å². The first kappa shape index (κ1) is 20.0. The fourth-order valence-electron chi connectivity index (χ4n) is 3.39. The van der Waals surface area contributed by atoms with Crippen molar-refractivity contribution in [3.63, 3.8) is 0 Å². The number of halogens is 1. The third-order valence-electron chi connectivity index (χ3n) is 4.51. The first-order valence-electron chi connectivity index (χ1n) is 9.15. The minimum atomic E-state index is -0.219. The standard InChI is InChI=1S/C19H25ClN4O2S/c1-12-8-13(2)10-24(9-12)18(25)14(3)27-19-21-17(22-23-19)11-26-16-6-4-15(20)5-7-16/h4-7,12-14H,8-11H2,1-3H3,(H,21,22,23). The summed E-state index contributed by atoms with van der Waals surface area (Å²) in [5.41, 5.74) is 0. The van der Waals surface area contributed by atoms with Gasteiger partial charge in [0.2, 0.25) is 11.1 Å². The number of aromatic amines is 1. The second kappa shape index (κ2) is 8.97. The number of ether oxygens (including phenoxy) is 1. The van der Waals surface area contributed by atoms with E-state index in [1.165, 1.54) is 18.2 Å². The summed E-state index contributed by atoms with van der Waals surface area (Å²) in [7, 11) is 0. The molecule has 3 rings (SSSR count). The van der Waals surface area contributed by atoms with Gasteiger partial charge in [-0.2, -0.15) is 0 Å². The molecule has 6 nitrogen and oxygen atoms in total. The quantitative estimate of drug-likeness (QED) is 0.731. The molecule has 1 aromatic carbocycles. The van der Waals surface area contributed by atoms with E-state index in [0.29, 0.717) is 33.6 Å². The normalized spacial score (nSPS) is 21.1. The smallest absolute Gasteiger partial charge is 0.235 e. The van der Waals surface area contributed by atoms with Gasteiger partial charge in [0, 0.05) is 18.1 Å². The van der Waals surface area contributed by atoms with E-state index >= 15 is 0 Å². The molecule has 0 spiro atoms. The number of carbonyl (C=O) groups is 1. The summed E-state index contributed by atoms with van der Waals surface area (Å²) in [6.45, 7) is 8.27. The number of H-pyrrole nitrogens is 1. The lowest BCUT2D eigenvalue weighted by Crippen LogP contribution is -2.45. The number of carbonyl (C=O) groups excluding carboxylic acids is 1. The lowest BCUT2D eigenvalue weighted by atomic mass is 9.92. The number of rotatable bonds is 6. The highest BCUT2D eigenvalue weighted by atomic mass is 35.5. The summed E-state index contributed by atoms with van der Waals surface area (Å²) in [5, 5.41) is 8.07. The molecule has 8 heteroatoms. The molecule has 3 atom stereocenters. The van der Waals surface area contributed by atoms with Crippen molar-refractivity contribution in [2.24, 2.45) is 11.8 Å². The highest BCUT2D eigenvalue weighted by Gasteiger charge is 2.29. The highest BCUT2D eigenvalue weighted by molar-refractivity contribution is 8.00. The van der Waals surface area contributed by atoms with E-state index in [4.69, 9.17) is 16.3 Å². The molecule has 1 N–H and O–H groups in total. The molecule has 1 aliphatic heterocycles. The van der Waals surface area contributed by atoms with Crippen molar-refractivity contribution in [3.8, 4) is 5.75 Å². The van der Waals surface area contributed by atoms with Gasteiger partial charge < -0.3 is 9.64 Å². The molecule has 1 saturated heterocycles. The number of nitrogens with zero attached hydrogens (tertiary/aromatic N) is 3. The Morgan fingerprint density at radius 1 is 1.33 bits per heavy atom. The average Bonchev–Trinajstić information content (AvgIpc) is 3.07. The lowest BCUT2D eigenvalue weighted by Gasteiger charge is -2.36. The molecule has 1 aromatic heterocycles. The molecule has 1 amide bonds. The Balaban J connectivity index is 1.52. The van der Waals surface area contributed by atoms with Crippen LogP contribution in [-0.2, 0) is 11.4 Å². The topological polar surface area (TPSA) is 71.1 Å². The SMILES string of the molecule is CC1CC(C)CN(C(=O)C(C)Sc2n[nH]c(COc3ccc(Cl)cc3)n2)C1. The van der Waals surface area contributed by atoms with Gasteiger partial charge in [-0.1, -0.05) is 37.2 Å². The van der Waals surface area contributed by atoms with Crippen LogP contribution in [0.2, 0.25) is 5.02 Å². The Labute approximate surface area is 169 Å². The van der Waals surface area contributed by atoms with Crippen LogP contribution >= 0.6 is 23.4 Å². The summed E-state index contributed by atoms with van der Waals surface area (Å²) in [5.74, 6) is 2.58. The van der Waals surface area contributed by atoms with Gasteiger partial charge in [-0.25, -0.2) is 4.98 Å². The monoisotopic (exact) mass is 408 g/mol. The Bertz CT molecular complexity index is 757. The number of aromatic nitrogens is 3. The average molecular weight is 409 g/mol. The molecule has 0 radical (unpaired) electrons.